The van der Waals surface area contributed by atoms with Crippen molar-refractivity contribution in [2.75, 3.05) is 13.2 Å². The minimum Gasteiger partial charge on any atom is -0.466 e. The van der Waals surface area contributed by atoms with E-state index in [1.54, 1.807) is 6.92 Å². The van der Waals surface area contributed by atoms with Gasteiger partial charge in [-0.05, 0) is 30.2 Å². The van der Waals surface area contributed by atoms with Crippen molar-refractivity contribution in [3.8, 4) is 0 Å². The molecule has 0 radical (unpaired) electrons. The molecule has 92 valence electrons. The molecule has 0 aromatic heterocycles. The third-order valence-electron chi connectivity index (χ3n) is 2.91. The van der Waals surface area contributed by atoms with Gasteiger partial charge in [-0.25, -0.2) is 0 Å². The van der Waals surface area contributed by atoms with E-state index in [2.05, 4.69) is 30.8 Å². The number of rotatable bonds is 7. The lowest BCUT2D eigenvalue weighted by molar-refractivity contribution is -0.144. The molecule has 0 aliphatic rings. The van der Waals surface area contributed by atoms with Crippen LogP contribution in [0, 0.1) is 17.8 Å². The van der Waals surface area contributed by atoms with Gasteiger partial charge in [-0.2, -0.15) is 0 Å². The summed E-state index contributed by atoms with van der Waals surface area (Å²) in [5.41, 5.74) is 8.32. The van der Waals surface area contributed by atoms with Crippen LogP contribution in [0.1, 0.15) is 34.1 Å². The first kappa shape index (κ1) is 14.8. The molecule has 0 spiro atoms. The fourth-order valence-corrected chi connectivity index (χ4v) is 1.54. The Morgan fingerprint density at radius 2 is 2.06 bits per heavy atom. The van der Waals surface area contributed by atoms with Crippen LogP contribution < -0.4 is 0 Å². The molecule has 0 aliphatic heterocycles. The van der Waals surface area contributed by atoms with Crippen LogP contribution in [0.5, 0.6) is 0 Å². The molecule has 0 unspecified atom stereocenters. The fraction of sp³-hybridized carbons (Fsp3) is 0.909. The number of ether oxygens (including phenoxy) is 1. The van der Waals surface area contributed by atoms with Crippen LogP contribution in [0.3, 0.4) is 0 Å². The molecule has 0 N–H and O–H groups in total. The number of hydrogen-bond acceptors (Lipinski definition) is 3. The van der Waals surface area contributed by atoms with Gasteiger partial charge in [0.05, 0.1) is 6.61 Å². The van der Waals surface area contributed by atoms with Gasteiger partial charge in [0.25, 0.3) is 0 Å². The second-order valence-electron chi connectivity index (χ2n) is 4.29. The maximum Gasteiger partial charge on any atom is 0.306 e. The molecule has 0 bridgehead atoms. The third-order valence-corrected chi connectivity index (χ3v) is 2.91. The van der Waals surface area contributed by atoms with Gasteiger partial charge in [0.2, 0.25) is 0 Å². The summed E-state index contributed by atoms with van der Waals surface area (Å²) in [6, 6.07) is 0. The summed E-state index contributed by atoms with van der Waals surface area (Å²) in [5.74, 6) is 0.631. The predicted molar refractivity (Wildman–Crippen MR) is 62.8 cm³/mol. The normalized spacial score (nSPS) is 14.1. The van der Waals surface area contributed by atoms with Gasteiger partial charge in [-0.1, -0.05) is 25.9 Å². The Bertz CT molecular complexity index is 260. The highest BCUT2D eigenvalue weighted by molar-refractivity contribution is 5.69. The quantitative estimate of drug-likeness (QED) is 0.290. The van der Waals surface area contributed by atoms with E-state index in [1.165, 1.54) is 0 Å². The van der Waals surface area contributed by atoms with Gasteiger partial charge in [0, 0.05) is 17.9 Å². The van der Waals surface area contributed by atoms with Crippen LogP contribution in [-0.4, -0.2) is 19.1 Å². The molecule has 0 aromatic rings. The second-order valence-corrected chi connectivity index (χ2v) is 4.29. The van der Waals surface area contributed by atoms with E-state index in [4.69, 9.17) is 10.3 Å². The first-order valence-corrected chi connectivity index (χ1v) is 5.69. The van der Waals surface area contributed by atoms with Crippen molar-refractivity contribution in [2.45, 2.75) is 34.1 Å². The Morgan fingerprint density at radius 1 is 1.44 bits per heavy atom. The topological polar surface area (TPSA) is 75.1 Å². The zero-order valence-electron chi connectivity index (χ0n) is 10.5. The Balaban J connectivity index is 4.41. The molecule has 2 atom stereocenters. The van der Waals surface area contributed by atoms with Gasteiger partial charge in [-0.15, -0.1) is 0 Å². The maximum atomic E-state index is 11.4. The van der Waals surface area contributed by atoms with Crippen LogP contribution in [0.15, 0.2) is 5.11 Å². The average Bonchev–Trinajstić information content (AvgIpc) is 2.23. The molecule has 16 heavy (non-hydrogen) atoms. The molecule has 0 aromatic carbocycles. The zero-order chi connectivity index (χ0) is 12.6. The number of nitrogens with zero attached hydrogens (tertiary/aromatic N) is 3. The number of carbonyl (C=O) groups excluding carboxylic acids is 1. The Kier molecular flexibility index (Phi) is 7.38. The molecule has 0 aliphatic carbocycles. The summed E-state index contributed by atoms with van der Waals surface area (Å²) in [6.45, 7) is 8.79. The largest absolute Gasteiger partial charge is 0.466 e. The average molecular weight is 227 g/mol. The number of azide groups is 1. The Labute approximate surface area is 96.8 Å². The van der Waals surface area contributed by atoms with Crippen LogP contribution in [-0.2, 0) is 9.53 Å². The number of esters is 1. The fourth-order valence-electron chi connectivity index (χ4n) is 1.54. The molecule has 0 rings (SSSR count). The van der Waals surface area contributed by atoms with Gasteiger partial charge in [-0.3, -0.25) is 4.79 Å². The SMILES string of the molecule is CCOC(=O)C[C@@H](CN=[N+]=[N-])[C@H](C)C(C)C. The standard InChI is InChI=1S/C11H21N3O2/c1-5-16-11(15)6-10(7-13-14-12)9(4)8(2)3/h8-10H,5-7H2,1-4H3/t9-,10+/m1/s1. The monoisotopic (exact) mass is 227 g/mol. The van der Waals surface area contributed by atoms with E-state index in [0.717, 1.165) is 0 Å². The maximum absolute atomic E-state index is 11.4. The highest BCUT2D eigenvalue weighted by Gasteiger charge is 2.22. The molecule has 5 heteroatoms. The van der Waals surface area contributed by atoms with Crippen molar-refractivity contribution in [3.63, 3.8) is 0 Å². The van der Waals surface area contributed by atoms with Crippen molar-refractivity contribution in [1.29, 1.82) is 0 Å². The summed E-state index contributed by atoms with van der Waals surface area (Å²) in [5, 5.41) is 3.56. The van der Waals surface area contributed by atoms with E-state index in [9.17, 15) is 4.79 Å². The van der Waals surface area contributed by atoms with Crippen LogP contribution >= 0.6 is 0 Å². The van der Waals surface area contributed by atoms with Crippen molar-refractivity contribution >= 4 is 5.97 Å². The summed E-state index contributed by atoms with van der Waals surface area (Å²) in [6.07, 6.45) is 0.326. The van der Waals surface area contributed by atoms with Crippen molar-refractivity contribution in [1.82, 2.24) is 0 Å². The molecule has 0 amide bonds. The molecular weight excluding hydrogens is 206 g/mol. The Hall–Kier alpha value is -1.22. The minimum atomic E-state index is -0.215. The summed E-state index contributed by atoms with van der Waals surface area (Å²) < 4.78 is 4.91. The number of hydrogen-bond donors (Lipinski definition) is 0. The van der Waals surface area contributed by atoms with Gasteiger partial charge < -0.3 is 4.74 Å². The lowest BCUT2D eigenvalue weighted by Crippen LogP contribution is -2.23. The summed E-state index contributed by atoms with van der Waals surface area (Å²) >= 11 is 0. The van der Waals surface area contributed by atoms with Gasteiger partial charge in [0.1, 0.15) is 0 Å². The van der Waals surface area contributed by atoms with Crippen molar-refractivity contribution in [3.05, 3.63) is 10.4 Å². The first-order valence-electron chi connectivity index (χ1n) is 5.69. The molecule has 0 saturated heterocycles. The molecule has 5 nitrogen and oxygen atoms in total. The lowest BCUT2D eigenvalue weighted by Gasteiger charge is -2.24. The molecule has 0 fully saturated rings. The molecular formula is C11H21N3O2. The van der Waals surface area contributed by atoms with Gasteiger partial charge in [0.15, 0.2) is 0 Å². The smallest absolute Gasteiger partial charge is 0.306 e. The zero-order valence-corrected chi connectivity index (χ0v) is 10.5. The summed E-state index contributed by atoms with van der Waals surface area (Å²) in [4.78, 5) is 14.1. The highest BCUT2D eigenvalue weighted by atomic mass is 16.5. The first-order chi connectivity index (χ1) is 7.52. The van der Waals surface area contributed by atoms with Crippen molar-refractivity contribution in [2.24, 2.45) is 22.9 Å². The van der Waals surface area contributed by atoms with E-state index < -0.39 is 0 Å². The van der Waals surface area contributed by atoms with E-state index in [-0.39, 0.29) is 11.9 Å². The summed E-state index contributed by atoms with van der Waals surface area (Å²) in [7, 11) is 0. The lowest BCUT2D eigenvalue weighted by atomic mass is 9.83. The van der Waals surface area contributed by atoms with E-state index in [0.29, 0.717) is 31.4 Å². The Morgan fingerprint density at radius 3 is 2.50 bits per heavy atom. The van der Waals surface area contributed by atoms with Crippen molar-refractivity contribution < 1.29 is 9.53 Å². The second kappa shape index (κ2) is 7.99. The molecule has 0 heterocycles. The number of carbonyl (C=O) groups is 1. The third kappa shape index (κ3) is 5.61. The van der Waals surface area contributed by atoms with E-state index in [1.807, 2.05) is 0 Å². The molecule has 0 saturated carbocycles. The van der Waals surface area contributed by atoms with Crippen LogP contribution in [0.2, 0.25) is 0 Å². The predicted octanol–water partition coefficient (Wildman–Crippen LogP) is 3.16. The highest BCUT2D eigenvalue weighted by Crippen LogP contribution is 2.24. The van der Waals surface area contributed by atoms with Crippen LogP contribution in [0.4, 0.5) is 0 Å². The minimum absolute atomic E-state index is 0.0648. The van der Waals surface area contributed by atoms with E-state index >= 15 is 0 Å². The van der Waals surface area contributed by atoms with Crippen LogP contribution in [0.25, 0.3) is 10.4 Å². The van der Waals surface area contributed by atoms with Gasteiger partial charge >= 0.3 is 5.97 Å².